The van der Waals surface area contributed by atoms with E-state index in [4.69, 9.17) is 0 Å². The summed E-state index contributed by atoms with van der Waals surface area (Å²) in [4.78, 5) is 12.3. The molecule has 0 saturated carbocycles. The van der Waals surface area contributed by atoms with E-state index in [1.807, 2.05) is 74.5 Å². The van der Waals surface area contributed by atoms with E-state index >= 15 is 0 Å². The maximum absolute atomic E-state index is 13.6. The maximum Gasteiger partial charge on any atom is 0.322 e. The van der Waals surface area contributed by atoms with Crippen LogP contribution < -0.4 is 0 Å². The van der Waals surface area contributed by atoms with Gasteiger partial charge >= 0.3 is 5.97 Å². The molecule has 0 radical (unpaired) electrons. The van der Waals surface area contributed by atoms with E-state index in [-0.39, 0.29) is 23.8 Å². The molecule has 0 fully saturated rings. The third kappa shape index (κ3) is 6.95. The molecule has 1 unspecified atom stereocenters. The number of hydrogen-bond acceptors (Lipinski definition) is 4. The van der Waals surface area contributed by atoms with Gasteiger partial charge in [-0.25, -0.2) is 8.42 Å². The summed E-state index contributed by atoms with van der Waals surface area (Å²) in [5.74, 6) is 0.163. The number of carbonyl (C=O) groups is 1. The Balaban J connectivity index is 1.78. The van der Waals surface area contributed by atoms with Crippen molar-refractivity contribution < 1.29 is 18.3 Å². The minimum atomic E-state index is -3.99. The maximum atomic E-state index is 13.6. The normalized spacial score (nSPS) is 12.7. The van der Waals surface area contributed by atoms with Crippen molar-refractivity contribution in [2.75, 3.05) is 12.3 Å². The molecule has 0 amide bonds. The Bertz CT molecular complexity index is 1150. The number of carboxylic acids is 1. The molecule has 7 heteroatoms. The highest BCUT2D eigenvalue weighted by atomic mass is 32.2. The first-order chi connectivity index (χ1) is 16.3. The summed E-state index contributed by atoms with van der Waals surface area (Å²) in [6.07, 6.45) is 0.237. The van der Waals surface area contributed by atoms with Crippen LogP contribution in [0.25, 0.3) is 11.1 Å². The number of sulfonamides is 1. The summed E-state index contributed by atoms with van der Waals surface area (Å²) in [5.41, 5.74) is 3.05. The van der Waals surface area contributed by atoms with Crippen molar-refractivity contribution >= 4 is 27.8 Å². The second kappa shape index (κ2) is 12.2. The molecule has 0 spiro atoms. The molecule has 1 atom stereocenters. The zero-order chi connectivity index (χ0) is 24.6. The van der Waals surface area contributed by atoms with Gasteiger partial charge in [0.05, 0.1) is 4.90 Å². The standard InChI is InChI=1S/C27H31NO4S2/c1-21(2)19-28(26(27(29)30)17-18-33-20-22-9-5-3-6-10-22)34(31,32)25-15-13-24(14-16-25)23-11-7-4-8-12-23/h3-16,21,26H,17-20H2,1-2H3,(H,29,30). The van der Waals surface area contributed by atoms with Crippen LogP contribution in [0.5, 0.6) is 0 Å². The molecule has 0 aliphatic rings. The molecule has 180 valence electrons. The van der Waals surface area contributed by atoms with Crippen LogP contribution >= 0.6 is 11.8 Å². The highest BCUT2D eigenvalue weighted by Crippen LogP contribution is 2.26. The van der Waals surface area contributed by atoms with Gasteiger partial charge in [0.15, 0.2) is 0 Å². The predicted octanol–water partition coefficient (Wildman–Crippen LogP) is 5.78. The Labute approximate surface area is 206 Å². The van der Waals surface area contributed by atoms with Gasteiger partial charge in [0.1, 0.15) is 6.04 Å². The van der Waals surface area contributed by atoms with Gasteiger partial charge in [-0.15, -0.1) is 0 Å². The third-order valence-corrected chi connectivity index (χ3v) is 8.34. The van der Waals surface area contributed by atoms with E-state index < -0.39 is 22.0 Å². The number of hydrogen-bond donors (Lipinski definition) is 1. The third-order valence-electron chi connectivity index (χ3n) is 5.39. The van der Waals surface area contributed by atoms with E-state index in [1.165, 1.54) is 4.31 Å². The molecular formula is C27H31NO4S2. The number of nitrogens with zero attached hydrogens (tertiary/aromatic N) is 1. The number of rotatable bonds is 12. The number of thioether (sulfide) groups is 1. The molecule has 0 heterocycles. The van der Waals surface area contributed by atoms with Crippen LogP contribution in [-0.4, -0.2) is 42.1 Å². The zero-order valence-corrected chi connectivity index (χ0v) is 21.1. The highest BCUT2D eigenvalue weighted by molar-refractivity contribution is 7.98. The summed E-state index contributed by atoms with van der Waals surface area (Å²) in [5, 5.41) is 9.96. The molecule has 0 aliphatic heterocycles. The number of aliphatic carboxylic acids is 1. The molecular weight excluding hydrogens is 466 g/mol. The number of carboxylic acid groups (broad SMARTS) is 1. The van der Waals surface area contributed by atoms with Gasteiger partial charge in [-0.2, -0.15) is 16.1 Å². The lowest BCUT2D eigenvalue weighted by atomic mass is 10.1. The van der Waals surface area contributed by atoms with Crippen LogP contribution in [0.1, 0.15) is 25.8 Å². The first-order valence-electron chi connectivity index (χ1n) is 11.3. The van der Waals surface area contributed by atoms with Crippen LogP contribution in [-0.2, 0) is 20.6 Å². The molecule has 0 aliphatic carbocycles. The first kappa shape index (κ1) is 26.0. The van der Waals surface area contributed by atoms with Crippen LogP contribution in [0.15, 0.2) is 89.8 Å². The Hall–Kier alpha value is -2.61. The van der Waals surface area contributed by atoms with Gasteiger partial charge in [-0.3, -0.25) is 4.79 Å². The van der Waals surface area contributed by atoms with Crippen LogP contribution in [0, 0.1) is 5.92 Å². The quantitative estimate of drug-likeness (QED) is 0.321. The monoisotopic (exact) mass is 497 g/mol. The van der Waals surface area contributed by atoms with Gasteiger partial charge in [0.25, 0.3) is 0 Å². The van der Waals surface area contributed by atoms with Crippen LogP contribution in [0.4, 0.5) is 0 Å². The average molecular weight is 498 g/mol. The smallest absolute Gasteiger partial charge is 0.322 e. The highest BCUT2D eigenvalue weighted by Gasteiger charge is 2.36. The van der Waals surface area contributed by atoms with Gasteiger partial charge in [0, 0.05) is 12.3 Å². The molecule has 3 aromatic rings. The van der Waals surface area contributed by atoms with Gasteiger partial charge < -0.3 is 5.11 Å². The first-order valence-corrected chi connectivity index (χ1v) is 13.9. The Morgan fingerprint density at radius 3 is 2.00 bits per heavy atom. The van der Waals surface area contributed by atoms with E-state index in [0.717, 1.165) is 22.4 Å². The topological polar surface area (TPSA) is 74.7 Å². The van der Waals surface area contributed by atoms with Crippen LogP contribution in [0.3, 0.4) is 0 Å². The molecule has 1 N–H and O–H groups in total. The second-order valence-electron chi connectivity index (χ2n) is 8.54. The largest absolute Gasteiger partial charge is 0.480 e. The molecule has 3 rings (SSSR count). The van der Waals surface area contributed by atoms with Crippen molar-refractivity contribution in [1.82, 2.24) is 4.31 Å². The minimum absolute atomic E-state index is 0.0165. The molecule has 34 heavy (non-hydrogen) atoms. The van der Waals surface area contributed by atoms with E-state index in [2.05, 4.69) is 0 Å². The van der Waals surface area contributed by atoms with Crippen molar-refractivity contribution in [3.8, 4) is 11.1 Å². The number of benzene rings is 3. The predicted molar refractivity (Wildman–Crippen MR) is 139 cm³/mol. The van der Waals surface area contributed by atoms with Gasteiger partial charge in [-0.05, 0) is 46.9 Å². The summed E-state index contributed by atoms with van der Waals surface area (Å²) < 4.78 is 28.3. The lowest BCUT2D eigenvalue weighted by Crippen LogP contribution is -2.47. The fraction of sp³-hybridized carbons (Fsp3) is 0.296. The van der Waals surface area contributed by atoms with Crippen molar-refractivity contribution in [1.29, 1.82) is 0 Å². The Morgan fingerprint density at radius 1 is 0.882 bits per heavy atom. The van der Waals surface area contributed by atoms with Gasteiger partial charge in [-0.1, -0.05) is 86.6 Å². The van der Waals surface area contributed by atoms with Crippen LogP contribution in [0.2, 0.25) is 0 Å². The van der Waals surface area contributed by atoms with Crippen molar-refractivity contribution in [2.24, 2.45) is 5.92 Å². The molecule has 5 nitrogen and oxygen atoms in total. The molecule has 3 aromatic carbocycles. The van der Waals surface area contributed by atoms with E-state index in [9.17, 15) is 18.3 Å². The van der Waals surface area contributed by atoms with Crippen molar-refractivity contribution in [3.63, 3.8) is 0 Å². The lowest BCUT2D eigenvalue weighted by molar-refractivity contribution is -0.141. The minimum Gasteiger partial charge on any atom is -0.480 e. The second-order valence-corrected chi connectivity index (χ2v) is 11.5. The summed E-state index contributed by atoms with van der Waals surface area (Å²) >= 11 is 1.61. The average Bonchev–Trinajstić information content (AvgIpc) is 2.84. The Morgan fingerprint density at radius 2 is 1.44 bits per heavy atom. The lowest BCUT2D eigenvalue weighted by Gasteiger charge is -2.29. The van der Waals surface area contributed by atoms with E-state index in [0.29, 0.717) is 5.75 Å². The summed E-state index contributed by atoms with van der Waals surface area (Å²) in [6, 6.07) is 25.2. The van der Waals surface area contributed by atoms with Gasteiger partial charge in [0.2, 0.25) is 10.0 Å². The fourth-order valence-electron chi connectivity index (χ4n) is 3.69. The summed E-state index contributed by atoms with van der Waals surface area (Å²) in [7, 11) is -3.99. The molecule has 0 aromatic heterocycles. The zero-order valence-electron chi connectivity index (χ0n) is 19.5. The Kier molecular flexibility index (Phi) is 9.33. The molecule has 0 saturated heterocycles. The fourth-order valence-corrected chi connectivity index (χ4v) is 6.43. The molecule has 0 bridgehead atoms. The van der Waals surface area contributed by atoms with Crippen molar-refractivity contribution in [3.05, 3.63) is 90.5 Å². The SMILES string of the molecule is CC(C)CN(C(CCSCc1ccccc1)C(=O)O)S(=O)(=O)c1ccc(-c2ccccc2)cc1. The van der Waals surface area contributed by atoms with Crippen molar-refractivity contribution in [2.45, 2.75) is 37.0 Å². The summed E-state index contributed by atoms with van der Waals surface area (Å²) in [6.45, 7) is 3.93. The van der Waals surface area contributed by atoms with E-state index in [1.54, 1.807) is 36.0 Å².